The van der Waals surface area contributed by atoms with Crippen LogP contribution in [0.5, 0.6) is 0 Å². The zero-order valence-electron chi connectivity index (χ0n) is 14.6. The lowest BCUT2D eigenvalue weighted by Gasteiger charge is -2.28. The van der Waals surface area contributed by atoms with Crippen molar-refractivity contribution in [2.45, 2.75) is 78.4 Å². The first kappa shape index (κ1) is 18.3. The summed E-state index contributed by atoms with van der Waals surface area (Å²) in [5, 5.41) is 3.53. The van der Waals surface area contributed by atoms with Crippen molar-refractivity contribution in [1.82, 2.24) is 10.2 Å². The monoisotopic (exact) mass is 298 g/mol. The van der Waals surface area contributed by atoms with Crippen molar-refractivity contribution in [3.63, 3.8) is 0 Å². The van der Waals surface area contributed by atoms with Gasteiger partial charge < -0.3 is 15.0 Å². The lowest BCUT2D eigenvalue weighted by molar-refractivity contribution is 0.0220. The molecule has 0 aromatic heterocycles. The van der Waals surface area contributed by atoms with Crippen LogP contribution in [0.15, 0.2) is 0 Å². The third kappa shape index (κ3) is 7.16. The maximum absolute atomic E-state index is 12.2. The molecule has 0 saturated carbocycles. The number of nitrogens with one attached hydrogen (secondary N) is 1. The predicted molar refractivity (Wildman–Crippen MR) is 87.5 cm³/mol. The summed E-state index contributed by atoms with van der Waals surface area (Å²) in [6, 6.07) is 0.342. The van der Waals surface area contributed by atoms with E-state index in [9.17, 15) is 4.79 Å². The Kier molecular flexibility index (Phi) is 7.50. The van der Waals surface area contributed by atoms with Crippen LogP contribution in [0.4, 0.5) is 4.79 Å². The fraction of sp³-hybridized carbons (Fsp3) is 0.941. The molecule has 1 heterocycles. The van der Waals surface area contributed by atoms with Crippen LogP contribution in [0.3, 0.4) is 0 Å². The normalized spacial score (nSPS) is 20.6. The summed E-state index contributed by atoms with van der Waals surface area (Å²) < 4.78 is 5.49. The molecule has 1 aliphatic rings. The molecular formula is C17H34N2O2. The molecule has 1 amide bonds. The van der Waals surface area contributed by atoms with Gasteiger partial charge in [0.25, 0.3) is 0 Å². The van der Waals surface area contributed by atoms with Crippen LogP contribution < -0.4 is 5.32 Å². The van der Waals surface area contributed by atoms with E-state index in [1.165, 1.54) is 12.8 Å². The van der Waals surface area contributed by atoms with Crippen LogP contribution >= 0.6 is 0 Å². The minimum Gasteiger partial charge on any atom is -0.444 e. The summed E-state index contributed by atoms with van der Waals surface area (Å²) in [7, 11) is 0. The topological polar surface area (TPSA) is 41.6 Å². The van der Waals surface area contributed by atoms with E-state index >= 15 is 0 Å². The Morgan fingerprint density at radius 1 is 1.43 bits per heavy atom. The average molecular weight is 298 g/mol. The molecule has 1 N–H and O–H groups in total. The summed E-state index contributed by atoms with van der Waals surface area (Å²) in [6.07, 6.45) is 5.60. The van der Waals surface area contributed by atoms with Gasteiger partial charge in [0.05, 0.1) is 0 Å². The Morgan fingerprint density at radius 2 is 2.14 bits per heavy atom. The van der Waals surface area contributed by atoms with Gasteiger partial charge in [-0.05, 0) is 65.5 Å². The van der Waals surface area contributed by atoms with Crippen LogP contribution in [-0.4, -0.2) is 42.3 Å². The summed E-state index contributed by atoms with van der Waals surface area (Å²) in [5.41, 5.74) is -0.405. The van der Waals surface area contributed by atoms with E-state index in [1.54, 1.807) is 0 Å². The third-order valence-corrected chi connectivity index (χ3v) is 3.93. The van der Waals surface area contributed by atoms with Gasteiger partial charge in [-0.2, -0.15) is 0 Å². The SMILES string of the molecule is CCCC(C)CNCCC1CCCN1C(=O)OC(C)(C)C. The van der Waals surface area contributed by atoms with Crippen LogP contribution in [0.25, 0.3) is 0 Å². The van der Waals surface area contributed by atoms with Crippen molar-refractivity contribution in [2.24, 2.45) is 5.92 Å². The van der Waals surface area contributed by atoms with Crippen molar-refractivity contribution in [2.75, 3.05) is 19.6 Å². The van der Waals surface area contributed by atoms with E-state index in [-0.39, 0.29) is 6.09 Å². The number of hydrogen-bond donors (Lipinski definition) is 1. The number of hydrogen-bond acceptors (Lipinski definition) is 3. The Labute approximate surface area is 130 Å². The highest BCUT2D eigenvalue weighted by molar-refractivity contribution is 5.68. The first-order valence-electron chi connectivity index (χ1n) is 8.53. The summed E-state index contributed by atoms with van der Waals surface area (Å²) in [4.78, 5) is 14.1. The van der Waals surface area contributed by atoms with Gasteiger partial charge in [-0.3, -0.25) is 0 Å². The first-order valence-corrected chi connectivity index (χ1v) is 8.53. The fourth-order valence-electron chi connectivity index (χ4n) is 2.91. The van der Waals surface area contributed by atoms with Gasteiger partial charge in [0.1, 0.15) is 5.60 Å². The highest BCUT2D eigenvalue weighted by Crippen LogP contribution is 2.22. The second-order valence-corrected chi connectivity index (χ2v) is 7.36. The third-order valence-electron chi connectivity index (χ3n) is 3.93. The molecule has 0 aromatic carbocycles. The van der Waals surface area contributed by atoms with Crippen molar-refractivity contribution in [1.29, 1.82) is 0 Å². The summed E-state index contributed by atoms with van der Waals surface area (Å²) in [6.45, 7) is 13.2. The van der Waals surface area contributed by atoms with Gasteiger partial charge in [-0.25, -0.2) is 4.79 Å². The van der Waals surface area contributed by atoms with Crippen molar-refractivity contribution in [3.05, 3.63) is 0 Å². The highest BCUT2D eigenvalue weighted by atomic mass is 16.6. The highest BCUT2D eigenvalue weighted by Gasteiger charge is 2.31. The molecule has 21 heavy (non-hydrogen) atoms. The summed E-state index contributed by atoms with van der Waals surface area (Å²) >= 11 is 0. The maximum atomic E-state index is 12.2. The molecule has 124 valence electrons. The Hall–Kier alpha value is -0.770. The zero-order valence-corrected chi connectivity index (χ0v) is 14.6. The molecule has 0 aliphatic carbocycles. The molecule has 4 heteroatoms. The van der Waals surface area contributed by atoms with E-state index < -0.39 is 5.60 Å². The van der Waals surface area contributed by atoms with Crippen LogP contribution in [0.1, 0.15) is 66.7 Å². The molecule has 2 atom stereocenters. The lowest BCUT2D eigenvalue weighted by Crippen LogP contribution is -2.41. The molecule has 0 radical (unpaired) electrons. The second kappa shape index (κ2) is 8.62. The zero-order chi connectivity index (χ0) is 15.9. The van der Waals surface area contributed by atoms with Crippen LogP contribution in [0.2, 0.25) is 0 Å². The molecule has 2 unspecified atom stereocenters. The molecule has 0 aromatic rings. The molecule has 1 aliphatic heterocycles. The molecule has 1 fully saturated rings. The number of amides is 1. The second-order valence-electron chi connectivity index (χ2n) is 7.36. The van der Waals surface area contributed by atoms with Gasteiger partial charge in [0.15, 0.2) is 0 Å². The standard InChI is InChI=1S/C17H34N2O2/c1-6-8-14(2)13-18-11-10-15-9-7-12-19(15)16(20)21-17(3,4)5/h14-15,18H,6-13H2,1-5H3. The minimum atomic E-state index is -0.405. The number of carbonyl (C=O) groups excluding carboxylic acids is 1. The number of carbonyl (C=O) groups is 1. The smallest absolute Gasteiger partial charge is 0.410 e. The van der Waals surface area contributed by atoms with Crippen LogP contribution in [-0.2, 0) is 4.74 Å². The van der Waals surface area contributed by atoms with E-state index in [4.69, 9.17) is 4.74 Å². The fourth-order valence-corrected chi connectivity index (χ4v) is 2.91. The molecule has 0 bridgehead atoms. The Morgan fingerprint density at radius 3 is 2.76 bits per heavy atom. The van der Waals surface area contributed by atoms with Gasteiger partial charge in [-0.15, -0.1) is 0 Å². The largest absolute Gasteiger partial charge is 0.444 e. The van der Waals surface area contributed by atoms with Gasteiger partial charge >= 0.3 is 6.09 Å². The molecule has 1 saturated heterocycles. The first-order chi connectivity index (χ1) is 9.83. The van der Waals surface area contributed by atoms with Crippen LogP contribution in [0, 0.1) is 5.92 Å². The lowest BCUT2D eigenvalue weighted by atomic mass is 10.1. The quantitative estimate of drug-likeness (QED) is 0.727. The van der Waals surface area contributed by atoms with Gasteiger partial charge in [0.2, 0.25) is 0 Å². The van der Waals surface area contributed by atoms with Crippen molar-refractivity contribution in [3.8, 4) is 0 Å². The number of nitrogens with zero attached hydrogens (tertiary/aromatic N) is 1. The maximum Gasteiger partial charge on any atom is 0.410 e. The molecular weight excluding hydrogens is 264 g/mol. The number of rotatable bonds is 7. The van der Waals surface area contributed by atoms with E-state index in [1.807, 2.05) is 25.7 Å². The molecule has 4 nitrogen and oxygen atoms in total. The van der Waals surface area contributed by atoms with Crippen molar-refractivity contribution >= 4 is 6.09 Å². The average Bonchev–Trinajstić information content (AvgIpc) is 2.81. The van der Waals surface area contributed by atoms with E-state index in [2.05, 4.69) is 19.2 Å². The van der Waals surface area contributed by atoms with Crippen molar-refractivity contribution < 1.29 is 9.53 Å². The summed E-state index contributed by atoms with van der Waals surface area (Å²) in [5.74, 6) is 0.737. The van der Waals surface area contributed by atoms with E-state index in [0.29, 0.717) is 6.04 Å². The van der Waals surface area contributed by atoms with E-state index in [0.717, 1.165) is 44.8 Å². The molecule has 0 spiro atoms. The molecule has 1 rings (SSSR count). The predicted octanol–water partition coefficient (Wildman–Crippen LogP) is 3.80. The number of ether oxygens (including phenoxy) is 1. The Bertz CT molecular complexity index is 312. The minimum absolute atomic E-state index is 0.149. The van der Waals surface area contributed by atoms with Gasteiger partial charge in [-0.1, -0.05) is 20.3 Å². The van der Waals surface area contributed by atoms with Gasteiger partial charge in [0, 0.05) is 12.6 Å². The Balaban J connectivity index is 2.29. The number of likely N-dealkylation sites (tertiary alicyclic amines) is 1.